The molecule has 1 saturated heterocycles. The number of carbonyl (C=O) groups is 3. The first-order chi connectivity index (χ1) is 16.5. The largest absolute Gasteiger partial charge is 0.481 e. The number of pyridine rings is 1. The van der Waals surface area contributed by atoms with Crippen molar-refractivity contribution in [2.24, 2.45) is 5.92 Å². The third kappa shape index (κ3) is 5.36. The van der Waals surface area contributed by atoms with Gasteiger partial charge in [-0.15, -0.1) is 0 Å². The number of nitrogens with one attached hydrogen (secondary N) is 2. The summed E-state index contributed by atoms with van der Waals surface area (Å²) in [6.45, 7) is 0.237. The maximum Gasteiger partial charge on any atom is 0.419 e. The number of hydrogen-bond acceptors (Lipinski definition) is 4. The van der Waals surface area contributed by atoms with E-state index in [1.54, 1.807) is 12.1 Å². The van der Waals surface area contributed by atoms with Gasteiger partial charge in [0.05, 0.1) is 11.5 Å². The van der Waals surface area contributed by atoms with Gasteiger partial charge in [0.1, 0.15) is 17.7 Å². The number of hydrogen-bond donors (Lipinski definition) is 3. The van der Waals surface area contributed by atoms with Crippen LogP contribution in [0.1, 0.15) is 36.1 Å². The zero-order chi connectivity index (χ0) is 25.3. The number of rotatable bonds is 4. The van der Waals surface area contributed by atoms with Crippen LogP contribution in [0.5, 0.6) is 0 Å². The molecule has 1 aliphatic heterocycles. The number of aromatic nitrogens is 1. The second-order valence-electron chi connectivity index (χ2n) is 8.54. The summed E-state index contributed by atoms with van der Waals surface area (Å²) in [5, 5.41) is 14.2. The van der Waals surface area contributed by atoms with Crippen LogP contribution in [0.3, 0.4) is 0 Å². The molecule has 1 aromatic carbocycles. The molecule has 0 spiro atoms. The predicted molar refractivity (Wildman–Crippen MR) is 116 cm³/mol. The molecule has 35 heavy (non-hydrogen) atoms. The minimum atomic E-state index is -4.85. The first-order valence-electron chi connectivity index (χ1n) is 11.0. The van der Waals surface area contributed by atoms with Crippen LogP contribution in [0.15, 0.2) is 30.3 Å². The van der Waals surface area contributed by atoms with Crippen LogP contribution in [0, 0.1) is 11.7 Å². The number of aryl methyl sites for hydroxylation is 1. The zero-order valence-electron chi connectivity index (χ0n) is 18.4. The molecular formula is C23H22F4N4O4. The first kappa shape index (κ1) is 24.4. The third-order valence-electron chi connectivity index (χ3n) is 6.21. The van der Waals surface area contributed by atoms with Crippen LogP contribution in [0.25, 0.3) is 0 Å². The van der Waals surface area contributed by atoms with Crippen molar-refractivity contribution < 1.29 is 37.1 Å². The minimum absolute atomic E-state index is 0.164. The predicted octanol–water partition coefficient (Wildman–Crippen LogP) is 4.06. The summed E-state index contributed by atoms with van der Waals surface area (Å²) in [6.07, 6.45) is -2.67. The highest BCUT2D eigenvalue weighted by Gasteiger charge is 2.36. The Morgan fingerprint density at radius 1 is 1.09 bits per heavy atom. The topological polar surface area (TPSA) is 112 Å². The lowest BCUT2D eigenvalue weighted by molar-refractivity contribution is -0.142. The van der Waals surface area contributed by atoms with E-state index >= 15 is 0 Å². The number of benzene rings is 1. The molecule has 0 radical (unpaired) electrons. The first-order valence-corrected chi connectivity index (χ1v) is 11.0. The van der Waals surface area contributed by atoms with Crippen LogP contribution >= 0.6 is 0 Å². The highest BCUT2D eigenvalue weighted by molar-refractivity contribution is 5.99. The Kier molecular flexibility index (Phi) is 6.64. The molecule has 3 N–H and O–H groups in total. The van der Waals surface area contributed by atoms with E-state index in [0.717, 1.165) is 11.6 Å². The number of halogens is 4. The molecule has 0 saturated carbocycles. The number of fused-ring (bicyclic) bond motifs is 1. The smallest absolute Gasteiger partial charge is 0.419 e. The third-order valence-corrected chi connectivity index (χ3v) is 6.21. The van der Waals surface area contributed by atoms with Crippen molar-refractivity contribution in [3.8, 4) is 0 Å². The van der Waals surface area contributed by atoms with Gasteiger partial charge in [-0.1, -0.05) is 6.07 Å². The van der Waals surface area contributed by atoms with Gasteiger partial charge in [-0.2, -0.15) is 13.2 Å². The van der Waals surface area contributed by atoms with E-state index in [2.05, 4.69) is 15.6 Å². The summed E-state index contributed by atoms with van der Waals surface area (Å²) in [5.74, 6) is -3.04. The minimum Gasteiger partial charge on any atom is -0.481 e. The molecule has 2 aromatic rings. The highest BCUT2D eigenvalue weighted by Crippen LogP contribution is 2.32. The van der Waals surface area contributed by atoms with Gasteiger partial charge in [0, 0.05) is 17.9 Å². The van der Waals surface area contributed by atoms with E-state index in [4.69, 9.17) is 0 Å². The van der Waals surface area contributed by atoms with Gasteiger partial charge in [-0.3, -0.25) is 9.59 Å². The molecule has 1 aromatic heterocycles. The summed E-state index contributed by atoms with van der Waals surface area (Å²) >= 11 is 0. The average molecular weight is 494 g/mol. The Morgan fingerprint density at radius 3 is 2.54 bits per heavy atom. The SMILES string of the molecule is O=C(O)C1CCc2nc(NC(=O)[C@H]3CCCN3C(=O)Nc3ccc(C(F)(F)F)c(F)c3)ccc2C1. The monoisotopic (exact) mass is 494 g/mol. The van der Waals surface area contributed by atoms with Crippen molar-refractivity contribution in [2.45, 2.75) is 44.3 Å². The Morgan fingerprint density at radius 2 is 1.86 bits per heavy atom. The number of carbonyl (C=O) groups excluding carboxylic acids is 2. The fourth-order valence-corrected chi connectivity index (χ4v) is 4.40. The van der Waals surface area contributed by atoms with Gasteiger partial charge >= 0.3 is 18.2 Å². The molecule has 2 atom stereocenters. The number of alkyl halides is 3. The van der Waals surface area contributed by atoms with Crippen LogP contribution in [-0.4, -0.2) is 45.5 Å². The summed E-state index contributed by atoms with van der Waals surface area (Å²) in [7, 11) is 0. The number of likely N-dealkylation sites (tertiary alicyclic amines) is 1. The van der Waals surface area contributed by atoms with E-state index in [0.29, 0.717) is 49.9 Å². The van der Waals surface area contributed by atoms with Crippen LogP contribution in [0.4, 0.5) is 33.9 Å². The lowest BCUT2D eigenvalue weighted by Gasteiger charge is -2.25. The van der Waals surface area contributed by atoms with Gasteiger partial charge in [0.2, 0.25) is 5.91 Å². The van der Waals surface area contributed by atoms with E-state index in [9.17, 15) is 37.1 Å². The number of nitrogens with zero attached hydrogens (tertiary/aromatic N) is 2. The van der Waals surface area contributed by atoms with Crippen molar-refractivity contribution in [3.05, 3.63) is 53.0 Å². The van der Waals surface area contributed by atoms with Crippen molar-refractivity contribution in [1.82, 2.24) is 9.88 Å². The molecule has 4 rings (SSSR count). The lowest BCUT2D eigenvalue weighted by atomic mass is 9.87. The van der Waals surface area contributed by atoms with Gasteiger partial charge in [-0.05, 0) is 61.9 Å². The lowest BCUT2D eigenvalue weighted by Crippen LogP contribution is -2.45. The van der Waals surface area contributed by atoms with E-state index < -0.39 is 47.4 Å². The Bertz CT molecular complexity index is 1170. The molecule has 3 amide bonds. The van der Waals surface area contributed by atoms with Gasteiger partial charge in [-0.25, -0.2) is 14.2 Å². The van der Waals surface area contributed by atoms with Gasteiger partial charge < -0.3 is 20.6 Å². The van der Waals surface area contributed by atoms with Crippen molar-refractivity contribution in [3.63, 3.8) is 0 Å². The highest BCUT2D eigenvalue weighted by atomic mass is 19.4. The molecule has 2 heterocycles. The molecule has 1 aliphatic carbocycles. The van der Waals surface area contributed by atoms with Crippen molar-refractivity contribution >= 4 is 29.4 Å². The quantitative estimate of drug-likeness (QED) is 0.555. The molecular weight excluding hydrogens is 472 g/mol. The molecule has 186 valence electrons. The van der Waals surface area contributed by atoms with Crippen LogP contribution < -0.4 is 10.6 Å². The fraction of sp³-hybridized carbons (Fsp3) is 0.391. The molecule has 0 bridgehead atoms. The van der Waals surface area contributed by atoms with E-state index in [1.807, 2.05) is 0 Å². The Labute approximate surface area is 197 Å². The average Bonchev–Trinajstić information content (AvgIpc) is 3.28. The maximum atomic E-state index is 13.8. The molecule has 2 aliphatic rings. The number of amides is 3. The number of carboxylic acids is 1. The Balaban J connectivity index is 1.41. The van der Waals surface area contributed by atoms with E-state index in [1.165, 1.54) is 4.90 Å². The standard InChI is InChI=1S/C23H22F4N4O4/c24-16-11-14(5-6-15(16)23(25,26)27)28-22(35)31-9-1-2-18(31)20(32)30-19-8-4-12-10-13(21(33)34)3-7-17(12)29-19/h4-6,8,11,13,18H,1-3,7,9-10H2,(H,28,35)(H,33,34)(H,29,30,32)/t13?,18-/m1/s1. The summed E-state index contributed by atoms with van der Waals surface area (Å²) in [4.78, 5) is 42.4. The zero-order valence-corrected chi connectivity index (χ0v) is 18.4. The van der Waals surface area contributed by atoms with Gasteiger partial charge in [0.25, 0.3) is 0 Å². The van der Waals surface area contributed by atoms with Crippen molar-refractivity contribution in [1.29, 1.82) is 0 Å². The van der Waals surface area contributed by atoms with Crippen LogP contribution in [-0.2, 0) is 28.6 Å². The summed E-state index contributed by atoms with van der Waals surface area (Å²) < 4.78 is 52.0. The Hall–Kier alpha value is -3.70. The van der Waals surface area contributed by atoms with E-state index in [-0.39, 0.29) is 18.1 Å². The summed E-state index contributed by atoms with van der Waals surface area (Å²) in [5.41, 5.74) is -0.0783. The molecule has 12 heteroatoms. The van der Waals surface area contributed by atoms with Crippen LogP contribution in [0.2, 0.25) is 0 Å². The van der Waals surface area contributed by atoms with Crippen molar-refractivity contribution in [2.75, 3.05) is 17.2 Å². The number of carboxylic acid groups (broad SMARTS) is 1. The molecule has 1 unspecified atom stereocenters. The summed E-state index contributed by atoms with van der Waals surface area (Å²) in [6, 6.07) is 3.79. The molecule has 8 nitrogen and oxygen atoms in total. The van der Waals surface area contributed by atoms with Gasteiger partial charge in [0.15, 0.2) is 0 Å². The molecule has 1 fully saturated rings. The number of aliphatic carboxylic acids is 1. The second kappa shape index (κ2) is 9.51. The maximum absolute atomic E-state index is 13.8. The normalized spacial score (nSPS) is 19.7. The number of urea groups is 1. The number of anilines is 2. The fourth-order valence-electron chi connectivity index (χ4n) is 4.40. The second-order valence-corrected chi connectivity index (χ2v) is 8.54.